The summed E-state index contributed by atoms with van der Waals surface area (Å²) in [6.07, 6.45) is 0. The van der Waals surface area contributed by atoms with Crippen LogP contribution in [0.1, 0.15) is 106 Å². The molecule has 0 saturated carbocycles. The maximum absolute atomic E-state index is 13.1. The molecule has 0 fully saturated rings. The minimum atomic E-state index is -0.306. The number of amides is 3. The number of para-hydroxylation sites is 3. The molecule has 3 aliphatic rings. The van der Waals surface area contributed by atoms with Crippen LogP contribution < -0.4 is 28.9 Å². The van der Waals surface area contributed by atoms with Gasteiger partial charge in [0.25, 0.3) is 17.7 Å². The van der Waals surface area contributed by atoms with Gasteiger partial charge in [0.1, 0.15) is 71.2 Å². The SMILES string of the molecule is C.Cc1ccc(N2C(=O)c3cc(COc4ccccc4)nn3CC2C)cc1.Cc1ccc(N2CC(C)(C)n3nc(COc4ccccc4)cc3C2=O)cc1.Cc1ccc(N2CC(C)n3nc(COc4ccccc4)cc3C2=O)cc1. The van der Waals surface area contributed by atoms with Gasteiger partial charge in [-0.05, 0) is 139 Å². The molecule has 0 aliphatic carbocycles. The number of rotatable bonds is 12. The fourth-order valence-electron chi connectivity index (χ4n) is 9.84. The Kier molecular flexibility index (Phi) is 16.8. The van der Waals surface area contributed by atoms with E-state index >= 15 is 0 Å². The molecule has 80 heavy (non-hydrogen) atoms. The van der Waals surface area contributed by atoms with Gasteiger partial charge in [-0.3, -0.25) is 28.4 Å². The molecule has 0 N–H and O–H groups in total. The van der Waals surface area contributed by atoms with Gasteiger partial charge < -0.3 is 28.9 Å². The first-order chi connectivity index (χ1) is 38.2. The number of fused-ring (bicyclic) bond motifs is 3. The first-order valence-electron chi connectivity index (χ1n) is 26.6. The lowest BCUT2D eigenvalue weighted by atomic mass is 10.0. The van der Waals surface area contributed by atoms with E-state index in [1.807, 2.05) is 234 Å². The summed E-state index contributed by atoms with van der Waals surface area (Å²) in [5, 5.41) is 13.8. The molecule has 0 radical (unpaired) electrons. The molecule has 15 heteroatoms. The van der Waals surface area contributed by atoms with Crippen LogP contribution in [0.5, 0.6) is 17.2 Å². The molecule has 9 aromatic rings. The van der Waals surface area contributed by atoms with E-state index < -0.39 is 0 Å². The van der Waals surface area contributed by atoms with Crippen molar-refractivity contribution in [3.63, 3.8) is 0 Å². The second kappa shape index (κ2) is 24.2. The zero-order valence-corrected chi connectivity index (χ0v) is 45.7. The van der Waals surface area contributed by atoms with Crippen molar-refractivity contribution in [2.75, 3.05) is 27.8 Å². The Balaban J connectivity index is 0.000000144. The van der Waals surface area contributed by atoms with Crippen molar-refractivity contribution in [2.24, 2.45) is 0 Å². The topological polar surface area (TPSA) is 142 Å². The number of carbonyl (C=O) groups excluding carboxylic acids is 3. The van der Waals surface area contributed by atoms with Crippen LogP contribution in [0.15, 0.2) is 182 Å². The van der Waals surface area contributed by atoms with E-state index in [4.69, 9.17) is 14.2 Å². The van der Waals surface area contributed by atoms with Crippen molar-refractivity contribution in [3.05, 3.63) is 233 Å². The fourth-order valence-corrected chi connectivity index (χ4v) is 9.84. The second-order valence-electron chi connectivity index (χ2n) is 20.9. The molecule has 12 rings (SSSR count). The van der Waals surface area contributed by atoms with Crippen LogP contribution in [0.3, 0.4) is 0 Å². The number of carbonyl (C=O) groups is 3. The number of aryl methyl sites for hydroxylation is 3. The summed E-state index contributed by atoms with van der Waals surface area (Å²) in [4.78, 5) is 44.6. The summed E-state index contributed by atoms with van der Waals surface area (Å²) in [5.41, 5.74) is 10.0. The summed E-state index contributed by atoms with van der Waals surface area (Å²) < 4.78 is 22.8. The predicted molar refractivity (Wildman–Crippen MR) is 313 cm³/mol. The van der Waals surface area contributed by atoms with Gasteiger partial charge in [-0.2, -0.15) is 15.3 Å². The van der Waals surface area contributed by atoms with Gasteiger partial charge in [0.2, 0.25) is 0 Å². The quantitative estimate of drug-likeness (QED) is 0.117. The van der Waals surface area contributed by atoms with Crippen LogP contribution in [0, 0.1) is 20.8 Å². The van der Waals surface area contributed by atoms with E-state index in [1.165, 1.54) is 16.7 Å². The maximum Gasteiger partial charge on any atom is 0.276 e. The van der Waals surface area contributed by atoms with Crippen molar-refractivity contribution >= 4 is 34.8 Å². The number of ether oxygens (including phenoxy) is 3. The first kappa shape index (κ1) is 55.5. The molecule has 3 amide bonds. The standard InChI is InChI=1S/C22H23N3O2.2C21H21N3O2.CH4/c1-16-9-11-18(12-10-16)24-15-22(2,3)25-20(21(24)26)13-17(23-25)14-27-19-7-5-4-6-8-19;1-15-8-10-18(11-9-15)24-16(2)13-23-20(21(24)25)12-17(22-23)14-26-19-6-4-3-5-7-19;1-15-8-10-18(11-9-15)23-13-16(2)24-20(21(23)25)12-17(22-24)14-26-19-6-4-3-5-7-19;/h4-13H,14-15H2,1-3H3;2*3-12,16H,13-14H2,1-2H3;1H4. The second-order valence-corrected chi connectivity index (χ2v) is 20.9. The van der Waals surface area contributed by atoms with Crippen LogP contribution in [0.25, 0.3) is 0 Å². The van der Waals surface area contributed by atoms with E-state index in [-0.39, 0.29) is 42.8 Å². The van der Waals surface area contributed by atoms with Gasteiger partial charge in [-0.1, -0.05) is 115 Å². The highest BCUT2D eigenvalue weighted by molar-refractivity contribution is 6.07. The Bertz CT molecular complexity index is 3540. The van der Waals surface area contributed by atoms with Gasteiger partial charge in [0.15, 0.2) is 0 Å². The Labute approximate surface area is 468 Å². The Morgan fingerprint density at radius 1 is 0.463 bits per heavy atom. The molecule has 0 saturated heterocycles. The molecule has 2 unspecified atom stereocenters. The molecule has 410 valence electrons. The van der Waals surface area contributed by atoms with Crippen LogP contribution >= 0.6 is 0 Å². The molecule has 6 heterocycles. The zero-order chi connectivity index (χ0) is 55.2. The van der Waals surface area contributed by atoms with Crippen LogP contribution in [0.2, 0.25) is 0 Å². The van der Waals surface area contributed by atoms with Crippen molar-refractivity contribution in [3.8, 4) is 17.2 Å². The smallest absolute Gasteiger partial charge is 0.276 e. The van der Waals surface area contributed by atoms with E-state index in [0.717, 1.165) is 51.4 Å². The fraction of sp³-hybridized carbons (Fsp3) is 0.262. The molecule has 0 bridgehead atoms. The van der Waals surface area contributed by atoms with E-state index in [1.54, 1.807) is 4.68 Å². The molecule has 2 atom stereocenters. The minimum absolute atomic E-state index is 0. The first-order valence-corrected chi connectivity index (χ1v) is 26.6. The third-order valence-corrected chi connectivity index (χ3v) is 14.0. The molecule has 3 aromatic heterocycles. The van der Waals surface area contributed by atoms with Gasteiger partial charge in [-0.25, -0.2) is 0 Å². The number of anilines is 3. The highest BCUT2D eigenvalue weighted by Gasteiger charge is 2.39. The molecular weight excluding hydrogens is 1000 g/mol. The lowest BCUT2D eigenvalue weighted by Gasteiger charge is -2.38. The number of benzene rings is 6. The number of hydrogen-bond acceptors (Lipinski definition) is 9. The molecule has 0 spiro atoms. The lowest BCUT2D eigenvalue weighted by Crippen LogP contribution is -2.51. The van der Waals surface area contributed by atoms with Crippen molar-refractivity contribution in [1.82, 2.24) is 29.3 Å². The highest BCUT2D eigenvalue weighted by Crippen LogP contribution is 2.32. The highest BCUT2D eigenvalue weighted by atomic mass is 16.5. The Hall–Kier alpha value is -9.24. The Morgan fingerprint density at radius 2 is 0.875 bits per heavy atom. The van der Waals surface area contributed by atoms with E-state index in [0.29, 0.717) is 56.5 Å². The Morgan fingerprint density at radius 3 is 1.38 bits per heavy atom. The number of hydrogen-bond donors (Lipinski definition) is 0. The number of nitrogens with zero attached hydrogens (tertiary/aromatic N) is 9. The zero-order valence-electron chi connectivity index (χ0n) is 45.7. The van der Waals surface area contributed by atoms with E-state index in [9.17, 15) is 14.4 Å². The van der Waals surface area contributed by atoms with Crippen LogP contribution in [0.4, 0.5) is 17.1 Å². The summed E-state index contributed by atoms with van der Waals surface area (Å²) in [7, 11) is 0. The molecule has 15 nitrogen and oxygen atoms in total. The van der Waals surface area contributed by atoms with Crippen LogP contribution in [-0.4, -0.2) is 66.2 Å². The predicted octanol–water partition coefficient (Wildman–Crippen LogP) is 12.6. The van der Waals surface area contributed by atoms with Gasteiger partial charge in [0.05, 0.1) is 30.7 Å². The molecular formula is C65H69N9O6. The summed E-state index contributed by atoms with van der Waals surface area (Å²) in [6.45, 7) is 17.3. The summed E-state index contributed by atoms with van der Waals surface area (Å²) in [6, 6.07) is 58.6. The monoisotopic (exact) mass is 1070 g/mol. The average molecular weight is 1070 g/mol. The number of aromatic nitrogens is 6. The molecule has 3 aliphatic heterocycles. The van der Waals surface area contributed by atoms with Gasteiger partial charge >= 0.3 is 0 Å². The summed E-state index contributed by atoms with van der Waals surface area (Å²) >= 11 is 0. The van der Waals surface area contributed by atoms with Crippen molar-refractivity contribution < 1.29 is 28.6 Å². The summed E-state index contributed by atoms with van der Waals surface area (Å²) in [5.74, 6) is 2.29. The lowest BCUT2D eigenvalue weighted by molar-refractivity contribution is 0.0923. The van der Waals surface area contributed by atoms with E-state index in [2.05, 4.69) is 36.1 Å². The van der Waals surface area contributed by atoms with Gasteiger partial charge in [-0.15, -0.1) is 0 Å². The average Bonchev–Trinajstić information content (AvgIpc) is 4.30. The third-order valence-electron chi connectivity index (χ3n) is 14.0. The maximum atomic E-state index is 13.1. The third kappa shape index (κ3) is 12.5. The van der Waals surface area contributed by atoms with Crippen molar-refractivity contribution in [2.45, 2.75) is 99.9 Å². The minimum Gasteiger partial charge on any atom is -0.487 e. The normalized spacial score (nSPS) is 15.9. The molecule has 6 aromatic carbocycles. The largest absolute Gasteiger partial charge is 0.487 e. The van der Waals surface area contributed by atoms with Crippen LogP contribution in [-0.2, 0) is 31.9 Å². The van der Waals surface area contributed by atoms with Crippen molar-refractivity contribution in [1.29, 1.82) is 0 Å². The van der Waals surface area contributed by atoms with Gasteiger partial charge in [0, 0.05) is 23.6 Å².